The highest BCUT2D eigenvalue weighted by atomic mass is 16.3. The van der Waals surface area contributed by atoms with Crippen LogP contribution in [0.15, 0.2) is 36.7 Å². The number of benzene rings is 1. The Labute approximate surface area is 120 Å². The molecule has 0 fully saturated rings. The van der Waals surface area contributed by atoms with Crippen molar-refractivity contribution in [2.24, 2.45) is 5.41 Å². The molecule has 0 saturated heterocycles. The Bertz CT molecular complexity index is 540. The smallest absolute Gasteiger partial charge is 0.164 e. The highest BCUT2D eigenvalue weighted by molar-refractivity contribution is 5.21. The summed E-state index contributed by atoms with van der Waals surface area (Å²) in [5.74, 6) is 0. The minimum absolute atomic E-state index is 0.328. The van der Waals surface area contributed by atoms with Crippen LogP contribution in [0, 0.1) is 12.3 Å². The van der Waals surface area contributed by atoms with E-state index in [1.165, 1.54) is 11.1 Å². The molecule has 0 aliphatic rings. The Morgan fingerprint density at radius 2 is 1.80 bits per heavy atom. The molecule has 1 atom stereocenters. The van der Waals surface area contributed by atoms with E-state index in [2.05, 4.69) is 41.5 Å². The van der Waals surface area contributed by atoms with Crippen LogP contribution in [0.4, 0.5) is 0 Å². The molecule has 108 valence electrons. The first-order valence-corrected chi connectivity index (χ1v) is 6.98. The number of aromatic nitrogens is 3. The lowest BCUT2D eigenvalue weighted by Crippen LogP contribution is -2.46. The summed E-state index contributed by atoms with van der Waals surface area (Å²) in [5.41, 5.74) is 1.09. The molecular formula is C16H23N3O. The standard InChI is InChI=1S/C16H23N3O/c1-13-5-7-14(8-6-13)9-10-16(20,15(2,3)4)19-12-11-17-18-19/h5-8,11-12,20H,9-10H2,1-4H3. The van der Waals surface area contributed by atoms with Crippen LogP contribution in [0.3, 0.4) is 0 Å². The van der Waals surface area contributed by atoms with Gasteiger partial charge in [-0.05, 0) is 18.9 Å². The lowest BCUT2D eigenvalue weighted by atomic mass is 9.79. The van der Waals surface area contributed by atoms with E-state index in [1.807, 2.05) is 20.8 Å². The average Bonchev–Trinajstić information content (AvgIpc) is 2.90. The first kappa shape index (κ1) is 14.7. The van der Waals surface area contributed by atoms with Crippen LogP contribution in [0.1, 0.15) is 38.3 Å². The van der Waals surface area contributed by atoms with Gasteiger partial charge in [-0.15, -0.1) is 5.10 Å². The van der Waals surface area contributed by atoms with Crippen molar-refractivity contribution >= 4 is 0 Å². The quantitative estimate of drug-likeness (QED) is 0.932. The SMILES string of the molecule is Cc1ccc(CCC(O)(n2ccnn2)C(C)(C)C)cc1. The van der Waals surface area contributed by atoms with Gasteiger partial charge in [-0.25, -0.2) is 4.68 Å². The van der Waals surface area contributed by atoms with Crippen LogP contribution >= 0.6 is 0 Å². The Morgan fingerprint density at radius 1 is 1.15 bits per heavy atom. The van der Waals surface area contributed by atoms with Gasteiger partial charge in [-0.2, -0.15) is 0 Å². The zero-order valence-electron chi connectivity index (χ0n) is 12.7. The lowest BCUT2D eigenvalue weighted by Gasteiger charge is -2.40. The molecule has 0 saturated carbocycles. The van der Waals surface area contributed by atoms with Crippen molar-refractivity contribution in [3.05, 3.63) is 47.8 Å². The van der Waals surface area contributed by atoms with E-state index >= 15 is 0 Å². The van der Waals surface area contributed by atoms with Crippen LogP contribution in [-0.2, 0) is 12.1 Å². The number of aliphatic hydroxyl groups is 1. The summed E-state index contributed by atoms with van der Waals surface area (Å²) in [6.07, 6.45) is 4.72. The minimum Gasteiger partial charge on any atom is -0.369 e. The minimum atomic E-state index is -1.05. The first-order chi connectivity index (χ1) is 9.33. The molecular weight excluding hydrogens is 250 g/mol. The maximum Gasteiger partial charge on any atom is 0.164 e. The lowest BCUT2D eigenvalue weighted by molar-refractivity contribution is -0.144. The normalized spacial score (nSPS) is 15.1. The third kappa shape index (κ3) is 2.90. The molecule has 0 radical (unpaired) electrons. The highest BCUT2D eigenvalue weighted by Crippen LogP contribution is 2.37. The fraction of sp³-hybridized carbons (Fsp3) is 0.500. The second-order valence-electron chi connectivity index (χ2n) is 6.40. The van der Waals surface area contributed by atoms with Gasteiger partial charge in [-0.1, -0.05) is 55.8 Å². The summed E-state index contributed by atoms with van der Waals surface area (Å²) in [6, 6.07) is 8.42. The van der Waals surface area contributed by atoms with E-state index < -0.39 is 5.72 Å². The molecule has 4 heteroatoms. The van der Waals surface area contributed by atoms with Crippen LogP contribution in [0.5, 0.6) is 0 Å². The third-order valence-corrected chi connectivity index (χ3v) is 3.89. The maximum absolute atomic E-state index is 11.1. The summed E-state index contributed by atoms with van der Waals surface area (Å²) in [6.45, 7) is 8.13. The average molecular weight is 273 g/mol. The molecule has 2 rings (SSSR count). The molecule has 2 aromatic rings. The van der Waals surface area contributed by atoms with Gasteiger partial charge in [0.15, 0.2) is 5.72 Å². The van der Waals surface area contributed by atoms with Crippen molar-refractivity contribution in [3.8, 4) is 0 Å². The number of hydrogen-bond acceptors (Lipinski definition) is 3. The van der Waals surface area contributed by atoms with E-state index in [0.29, 0.717) is 6.42 Å². The van der Waals surface area contributed by atoms with E-state index in [9.17, 15) is 5.11 Å². The molecule has 1 N–H and O–H groups in total. The van der Waals surface area contributed by atoms with Gasteiger partial charge < -0.3 is 5.11 Å². The molecule has 0 amide bonds. The first-order valence-electron chi connectivity index (χ1n) is 6.98. The summed E-state index contributed by atoms with van der Waals surface area (Å²) in [5, 5.41) is 18.9. The Balaban J connectivity index is 2.20. The van der Waals surface area contributed by atoms with Crippen molar-refractivity contribution in [2.75, 3.05) is 0 Å². The van der Waals surface area contributed by atoms with Gasteiger partial charge in [0.05, 0.1) is 6.20 Å². The van der Waals surface area contributed by atoms with Gasteiger partial charge in [0, 0.05) is 18.0 Å². The highest BCUT2D eigenvalue weighted by Gasteiger charge is 2.42. The second-order valence-corrected chi connectivity index (χ2v) is 6.40. The fourth-order valence-electron chi connectivity index (χ4n) is 2.31. The number of nitrogens with zero attached hydrogens (tertiary/aromatic N) is 3. The molecule has 1 unspecified atom stereocenters. The maximum atomic E-state index is 11.1. The molecule has 4 nitrogen and oxygen atoms in total. The third-order valence-electron chi connectivity index (χ3n) is 3.89. The van der Waals surface area contributed by atoms with Crippen molar-refractivity contribution in [3.63, 3.8) is 0 Å². The summed E-state index contributed by atoms with van der Waals surface area (Å²) in [4.78, 5) is 0. The number of hydrogen-bond donors (Lipinski definition) is 1. The van der Waals surface area contributed by atoms with Crippen LogP contribution in [0.2, 0.25) is 0 Å². The monoisotopic (exact) mass is 273 g/mol. The van der Waals surface area contributed by atoms with E-state index in [-0.39, 0.29) is 5.41 Å². The van der Waals surface area contributed by atoms with Crippen molar-refractivity contribution in [1.82, 2.24) is 15.0 Å². The molecule has 0 bridgehead atoms. The molecule has 1 aromatic carbocycles. The topological polar surface area (TPSA) is 50.9 Å². The largest absolute Gasteiger partial charge is 0.369 e. The van der Waals surface area contributed by atoms with Crippen LogP contribution < -0.4 is 0 Å². The van der Waals surface area contributed by atoms with Gasteiger partial charge in [0.25, 0.3) is 0 Å². The van der Waals surface area contributed by atoms with Crippen molar-refractivity contribution in [2.45, 2.75) is 46.3 Å². The second kappa shape index (κ2) is 5.37. The number of rotatable bonds is 4. The molecule has 0 aliphatic carbocycles. The van der Waals surface area contributed by atoms with Crippen molar-refractivity contribution in [1.29, 1.82) is 0 Å². The number of aryl methyl sites for hydroxylation is 2. The zero-order chi connectivity index (χ0) is 14.8. The Kier molecular flexibility index (Phi) is 3.95. The predicted molar refractivity (Wildman–Crippen MR) is 79.2 cm³/mol. The van der Waals surface area contributed by atoms with Gasteiger partial charge >= 0.3 is 0 Å². The summed E-state index contributed by atoms with van der Waals surface area (Å²) < 4.78 is 1.57. The van der Waals surface area contributed by atoms with E-state index in [4.69, 9.17) is 0 Å². The van der Waals surface area contributed by atoms with Crippen molar-refractivity contribution < 1.29 is 5.11 Å². The Hall–Kier alpha value is -1.68. The van der Waals surface area contributed by atoms with E-state index in [1.54, 1.807) is 17.1 Å². The fourth-order valence-corrected chi connectivity index (χ4v) is 2.31. The molecule has 20 heavy (non-hydrogen) atoms. The van der Waals surface area contributed by atoms with Crippen LogP contribution in [-0.4, -0.2) is 20.1 Å². The van der Waals surface area contributed by atoms with Gasteiger partial charge in [0.1, 0.15) is 0 Å². The zero-order valence-corrected chi connectivity index (χ0v) is 12.7. The summed E-state index contributed by atoms with van der Waals surface area (Å²) in [7, 11) is 0. The Morgan fingerprint density at radius 3 is 2.30 bits per heavy atom. The van der Waals surface area contributed by atoms with Gasteiger partial charge in [-0.3, -0.25) is 0 Å². The molecule has 0 spiro atoms. The van der Waals surface area contributed by atoms with Gasteiger partial charge in [0.2, 0.25) is 0 Å². The van der Waals surface area contributed by atoms with Crippen LogP contribution in [0.25, 0.3) is 0 Å². The van der Waals surface area contributed by atoms with E-state index in [0.717, 1.165) is 6.42 Å². The molecule has 1 aromatic heterocycles. The molecule has 0 aliphatic heterocycles. The predicted octanol–water partition coefficient (Wildman–Crippen LogP) is 2.91. The summed E-state index contributed by atoms with van der Waals surface area (Å²) >= 11 is 0. The molecule has 1 heterocycles.